The number of benzene rings is 1. The second-order valence-electron chi connectivity index (χ2n) is 5.98. The van der Waals surface area contributed by atoms with Crippen LogP contribution >= 0.6 is 11.3 Å². The van der Waals surface area contributed by atoms with Crippen molar-refractivity contribution in [2.24, 2.45) is 5.73 Å². The van der Waals surface area contributed by atoms with E-state index in [2.05, 4.69) is 31.2 Å². The number of hydrogen-bond acceptors (Lipinski definition) is 3. The number of aromatic nitrogens is 1. The maximum Gasteiger partial charge on any atom is 0.107 e. The minimum absolute atomic E-state index is 0.187. The van der Waals surface area contributed by atoms with E-state index in [0.717, 1.165) is 18.5 Å². The number of nitrogens with two attached hydrogens (primary N) is 1. The highest BCUT2D eigenvalue weighted by Gasteiger charge is 2.31. The lowest BCUT2D eigenvalue weighted by Crippen LogP contribution is -2.10. The summed E-state index contributed by atoms with van der Waals surface area (Å²) < 4.78 is 0. The Kier molecular flexibility index (Phi) is 3.11. The summed E-state index contributed by atoms with van der Waals surface area (Å²) in [6.07, 6.45) is 8.12. The highest BCUT2D eigenvalue weighted by atomic mass is 32.1. The van der Waals surface area contributed by atoms with Crippen molar-refractivity contribution in [1.29, 1.82) is 0 Å². The molecule has 0 saturated carbocycles. The molecule has 3 heteroatoms. The fraction of sp³-hybridized carbons (Fsp3) is 0.389. The van der Waals surface area contributed by atoms with Gasteiger partial charge in [0, 0.05) is 10.6 Å². The number of rotatable bonds is 2. The van der Waals surface area contributed by atoms with Crippen LogP contribution in [0, 0.1) is 0 Å². The van der Waals surface area contributed by atoms with Gasteiger partial charge in [-0.1, -0.05) is 25.1 Å². The van der Waals surface area contributed by atoms with Crippen LogP contribution in [0.15, 0.2) is 23.9 Å². The summed E-state index contributed by atoms with van der Waals surface area (Å²) in [4.78, 5) is 6.45. The summed E-state index contributed by atoms with van der Waals surface area (Å²) in [6.45, 7) is 2.22. The third-order valence-electron chi connectivity index (χ3n) is 4.66. The molecular weight excluding hydrogens is 276 g/mol. The standard InChI is InChI=1S/C18H20N2S/c1-2-11-6-5-7-12-10-13(19)17(16(11)12)18-20-14-8-3-4-9-15(14)21-18/h5-7,10,17H,2-4,8-9,19H2,1H3. The van der Waals surface area contributed by atoms with Crippen LogP contribution in [0.4, 0.5) is 0 Å². The fourth-order valence-electron chi connectivity index (χ4n) is 3.61. The molecule has 1 aromatic heterocycles. The summed E-state index contributed by atoms with van der Waals surface area (Å²) in [6, 6.07) is 6.54. The van der Waals surface area contributed by atoms with E-state index >= 15 is 0 Å². The smallest absolute Gasteiger partial charge is 0.107 e. The minimum atomic E-state index is 0.187. The van der Waals surface area contributed by atoms with Crippen molar-refractivity contribution >= 4 is 17.4 Å². The Hall–Kier alpha value is -1.61. The van der Waals surface area contributed by atoms with Gasteiger partial charge in [-0.25, -0.2) is 4.98 Å². The van der Waals surface area contributed by atoms with Gasteiger partial charge in [-0.2, -0.15) is 0 Å². The van der Waals surface area contributed by atoms with E-state index in [9.17, 15) is 0 Å². The largest absolute Gasteiger partial charge is 0.401 e. The molecule has 0 saturated heterocycles. The number of allylic oxidation sites excluding steroid dienone is 1. The van der Waals surface area contributed by atoms with Crippen LogP contribution in [0.3, 0.4) is 0 Å². The van der Waals surface area contributed by atoms with Crippen LogP contribution < -0.4 is 5.73 Å². The molecule has 1 atom stereocenters. The molecule has 2 N–H and O–H groups in total. The average Bonchev–Trinajstić information content (AvgIpc) is 3.05. The van der Waals surface area contributed by atoms with Crippen LogP contribution in [0.2, 0.25) is 0 Å². The Balaban J connectivity index is 1.83. The molecular formula is C18H20N2S. The Morgan fingerprint density at radius 3 is 2.95 bits per heavy atom. The van der Waals surface area contributed by atoms with Crippen molar-refractivity contribution in [3.05, 3.63) is 56.2 Å². The molecule has 2 aliphatic rings. The van der Waals surface area contributed by atoms with Gasteiger partial charge in [-0.3, -0.25) is 0 Å². The van der Waals surface area contributed by atoms with Crippen molar-refractivity contribution in [3.63, 3.8) is 0 Å². The monoisotopic (exact) mass is 296 g/mol. The van der Waals surface area contributed by atoms with E-state index in [1.54, 1.807) is 0 Å². The van der Waals surface area contributed by atoms with Crippen LogP contribution in [0.25, 0.3) is 6.08 Å². The first kappa shape index (κ1) is 13.1. The molecule has 2 aliphatic carbocycles. The molecule has 1 unspecified atom stereocenters. The van der Waals surface area contributed by atoms with Crippen LogP contribution in [0.5, 0.6) is 0 Å². The lowest BCUT2D eigenvalue weighted by atomic mass is 9.93. The van der Waals surface area contributed by atoms with Crippen molar-refractivity contribution in [3.8, 4) is 0 Å². The molecule has 108 valence electrons. The zero-order valence-corrected chi connectivity index (χ0v) is 13.2. The maximum absolute atomic E-state index is 6.37. The molecule has 4 rings (SSSR count). The summed E-state index contributed by atoms with van der Waals surface area (Å²) in [7, 11) is 0. The third-order valence-corrected chi connectivity index (χ3v) is 5.89. The zero-order valence-electron chi connectivity index (χ0n) is 12.4. The van der Waals surface area contributed by atoms with E-state index < -0.39 is 0 Å². The van der Waals surface area contributed by atoms with Gasteiger partial charge in [0.25, 0.3) is 0 Å². The predicted octanol–water partition coefficient (Wildman–Crippen LogP) is 4.03. The van der Waals surface area contributed by atoms with Gasteiger partial charge >= 0.3 is 0 Å². The van der Waals surface area contributed by atoms with Gasteiger partial charge in [0.2, 0.25) is 0 Å². The molecule has 0 aliphatic heterocycles. The fourth-order valence-corrected chi connectivity index (χ4v) is 4.90. The van der Waals surface area contributed by atoms with Crippen molar-refractivity contribution in [2.45, 2.75) is 44.9 Å². The predicted molar refractivity (Wildman–Crippen MR) is 88.6 cm³/mol. The van der Waals surface area contributed by atoms with Crippen LogP contribution in [0.1, 0.15) is 58.0 Å². The first-order chi connectivity index (χ1) is 10.3. The number of aryl methyl sites for hydroxylation is 3. The maximum atomic E-state index is 6.37. The van der Waals surface area contributed by atoms with Gasteiger partial charge < -0.3 is 5.73 Å². The molecule has 1 heterocycles. The third kappa shape index (κ3) is 2.03. The Labute approximate surface area is 129 Å². The average molecular weight is 296 g/mol. The summed E-state index contributed by atoms with van der Waals surface area (Å²) >= 11 is 1.89. The van der Waals surface area contributed by atoms with E-state index in [1.165, 1.54) is 51.5 Å². The summed E-state index contributed by atoms with van der Waals surface area (Å²) in [5, 5.41) is 1.20. The normalized spacial score (nSPS) is 20.0. The van der Waals surface area contributed by atoms with Gasteiger partial charge in [-0.05, 0) is 54.9 Å². The van der Waals surface area contributed by atoms with Crippen molar-refractivity contribution < 1.29 is 0 Å². The topological polar surface area (TPSA) is 38.9 Å². The Bertz CT molecular complexity index is 703. The van der Waals surface area contributed by atoms with Gasteiger partial charge in [-0.15, -0.1) is 11.3 Å². The number of fused-ring (bicyclic) bond motifs is 2. The number of thiazole rings is 1. The second-order valence-corrected chi connectivity index (χ2v) is 7.10. The molecule has 0 fully saturated rings. The van der Waals surface area contributed by atoms with Gasteiger partial charge in [0.1, 0.15) is 5.01 Å². The quantitative estimate of drug-likeness (QED) is 0.908. The Morgan fingerprint density at radius 2 is 2.14 bits per heavy atom. The molecule has 0 bridgehead atoms. The second kappa shape index (κ2) is 4.99. The Morgan fingerprint density at radius 1 is 1.29 bits per heavy atom. The first-order valence-corrected chi connectivity index (χ1v) is 8.67. The highest BCUT2D eigenvalue weighted by molar-refractivity contribution is 7.11. The summed E-state index contributed by atoms with van der Waals surface area (Å²) in [5.41, 5.74) is 12.7. The van der Waals surface area contributed by atoms with Gasteiger partial charge in [0.05, 0.1) is 11.6 Å². The molecule has 2 nitrogen and oxygen atoms in total. The lowest BCUT2D eigenvalue weighted by Gasteiger charge is -2.15. The van der Waals surface area contributed by atoms with Crippen molar-refractivity contribution in [1.82, 2.24) is 4.98 Å². The van der Waals surface area contributed by atoms with Crippen LogP contribution in [-0.2, 0) is 19.3 Å². The van der Waals surface area contributed by atoms with E-state index in [1.807, 2.05) is 11.3 Å². The number of hydrogen-bond donors (Lipinski definition) is 1. The molecule has 0 spiro atoms. The summed E-state index contributed by atoms with van der Waals surface area (Å²) in [5.74, 6) is 0.187. The minimum Gasteiger partial charge on any atom is -0.401 e. The molecule has 21 heavy (non-hydrogen) atoms. The SMILES string of the molecule is CCc1cccc2c1C(c1nc3c(s1)CCCC3)C(N)=C2. The van der Waals surface area contributed by atoms with Crippen molar-refractivity contribution in [2.75, 3.05) is 0 Å². The molecule has 0 radical (unpaired) electrons. The lowest BCUT2D eigenvalue weighted by molar-refractivity contribution is 0.680. The first-order valence-electron chi connectivity index (χ1n) is 7.85. The van der Waals surface area contributed by atoms with Gasteiger partial charge in [0.15, 0.2) is 0 Å². The van der Waals surface area contributed by atoms with E-state index in [4.69, 9.17) is 10.7 Å². The molecule has 2 aromatic rings. The highest BCUT2D eigenvalue weighted by Crippen LogP contribution is 2.43. The number of nitrogens with zero attached hydrogens (tertiary/aromatic N) is 1. The van der Waals surface area contributed by atoms with Crippen LogP contribution in [-0.4, -0.2) is 4.98 Å². The zero-order chi connectivity index (χ0) is 14.4. The van der Waals surface area contributed by atoms with E-state index in [0.29, 0.717) is 0 Å². The molecule has 0 amide bonds. The molecule has 1 aromatic carbocycles. The van der Waals surface area contributed by atoms with E-state index in [-0.39, 0.29) is 5.92 Å².